The van der Waals surface area contributed by atoms with Crippen molar-refractivity contribution in [2.24, 2.45) is 0 Å². The quantitative estimate of drug-likeness (QED) is 0.797. The van der Waals surface area contributed by atoms with Gasteiger partial charge in [-0.15, -0.1) is 0 Å². The minimum absolute atomic E-state index is 0.772. The lowest BCUT2D eigenvalue weighted by molar-refractivity contribution is 0.0987. The molecule has 0 aromatic carbocycles. The van der Waals surface area contributed by atoms with Crippen molar-refractivity contribution in [3.63, 3.8) is 0 Å². The zero-order valence-corrected chi connectivity index (χ0v) is 13.0. The molecular formula is C16H33N3. The number of piperidine rings is 1. The molecule has 2 aliphatic rings. The van der Waals surface area contributed by atoms with Crippen LogP contribution in [0.3, 0.4) is 0 Å². The minimum atomic E-state index is 0.772. The van der Waals surface area contributed by atoms with Crippen molar-refractivity contribution in [3.8, 4) is 0 Å². The molecule has 0 aliphatic carbocycles. The van der Waals surface area contributed by atoms with Crippen molar-refractivity contribution in [2.75, 3.05) is 39.3 Å². The van der Waals surface area contributed by atoms with Gasteiger partial charge >= 0.3 is 0 Å². The fourth-order valence-electron chi connectivity index (χ4n) is 3.42. The van der Waals surface area contributed by atoms with Crippen LogP contribution in [0.4, 0.5) is 0 Å². The lowest BCUT2D eigenvalue weighted by Gasteiger charge is -2.38. The average Bonchev–Trinajstić information content (AvgIpc) is 2.48. The summed E-state index contributed by atoms with van der Waals surface area (Å²) in [5.41, 5.74) is 0. The van der Waals surface area contributed by atoms with Crippen molar-refractivity contribution < 1.29 is 0 Å². The zero-order valence-electron chi connectivity index (χ0n) is 13.0. The minimum Gasteiger partial charge on any atom is -0.314 e. The van der Waals surface area contributed by atoms with E-state index in [9.17, 15) is 0 Å². The van der Waals surface area contributed by atoms with Gasteiger partial charge in [-0.3, -0.25) is 4.90 Å². The highest BCUT2D eigenvalue weighted by molar-refractivity contribution is 4.77. The van der Waals surface area contributed by atoms with Gasteiger partial charge in [0.1, 0.15) is 0 Å². The van der Waals surface area contributed by atoms with Crippen molar-refractivity contribution in [1.29, 1.82) is 0 Å². The SMILES string of the molecule is CCC(C)N1CCN(CCCC2CCCCN2)CC1. The summed E-state index contributed by atoms with van der Waals surface area (Å²) in [5.74, 6) is 0. The van der Waals surface area contributed by atoms with E-state index in [2.05, 4.69) is 29.0 Å². The van der Waals surface area contributed by atoms with Gasteiger partial charge in [-0.05, 0) is 52.1 Å². The Hall–Kier alpha value is -0.120. The second-order valence-electron chi connectivity index (χ2n) is 6.42. The predicted molar refractivity (Wildman–Crippen MR) is 82.6 cm³/mol. The van der Waals surface area contributed by atoms with Crippen LogP contribution >= 0.6 is 0 Å². The first-order valence-corrected chi connectivity index (χ1v) is 8.49. The highest BCUT2D eigenvalue weighted by Crippen LogP contribution is 2.13. The van der Waals surface area contributed by atoms with Gasteiger partial charge in [-0.1, -0.05) is 13.3 Å². The molecule has 0 spiro atoms. The Bertz CT molecular complexity index is 230. The Balaban J connectivity index is 1.55. The lowest BCUT2D eigenvalue weighted by atomic mass is 10.0. The highest BCUT2D eigenvalue weighted by Gasteiger charge is 2.20. The van der Waals surface area contributed by atoms with Crippen LogP contribution in [-0.4, -0.2) is 61.2 Å². The van der Waals surface area contributed by atoms with Gasteiger partial charge in [0.25, 0.3) is 0 Å². The van der Waals surface area contributed by atoms with E-state index >= 15 is 0 Å². The molecule has 0 saturated carbocycles. The molecule has 0 aromatic heterocycles. The monoisotopic (exact) mass is 267 g/mol. The van der Waals surface area contributed by atoms with E-state index in [1.54, 1.807) is 0 Å². The van der Waals surface area contributed by atoms with Crippen LogP contribution in [0, 0.1) is 0 Å². The Kier molecular flexibility index (Phi) is 6.62. The van der Waals surface area contributed by atoms with E-state index in [4.69, 9.17) is 0 Å². The van der Waals surface area contributed by atoms with Crippen LogP contribution in [0.25, 0.3) is 0 Å². The maximum absolute atomic E-state index is 3.66. The van der Waals surface area contributed by atoms with E-state index in [1.807, 2.05) is 0 Å². The number of nitrogens with zero attached hydrogens (tertiary/aromatic N) is 2. The smallest absolute Gasteiger partial charge is 0.0113 e. The molecular weight excluding hydrogens is 234 g/mol. The summed E-state index contributed by atoms with van der Waals surface area (Å²) in [4.78, 5) is 5.32. The topological polar surface area (TPSA) is 18.5 Å². The average molecular weight is 267 g/mol. The fourth-order valence-corrected chi connectivity index (χ4v) is 3.42. The van der Waals surface area contributed by atoms with E-state index in [0.717, 1.165) is 12.1 Å². The molecule has 2 aliphatic heterocycles. The molecule has 112 valence electrons. The van der Waals surface area contributed by atoms with Crippen LogP contribution in [0.5, 0.6) is 0 Å². The van der Waals surface area contributed by atoms with Crippen LogP contribution in [-0.2, 0) is 0 Å². The summed E-state index contributed by atoms with van der Waals surface area (Å²) < 4.78 is 0. The first-order valence-electron chi connectivity index (χ1n) is 8.49. The summed E-state index contributed by atoms with van der Waals surface area (Å²) in [6, 6.07) is 1.59. The third kappa shape index (κ3) is 5.05. The van der Waals surface area contributed by atoms with Gasteiger partial charge in [0.15, 0.2) is 0 Å². The summed E-state index contributed by atoms with van der Waals surface area (Å²) in [7, 11) is 0. The fraction of sp³-hybridized carbons (Fsp3) is 1.00. The van der Waals surface area contributed by atoms with Gasteiger partial charge in [0.05, 0.1) is 0 Å². The molecule has 2 rings (SSSR count). The number of hydrogen-bond donors (Lipinski definition) is 1. The van der Waals surface area contributed by atoms with E-state index in [1.165, 1.54) is 77.8 Å². The molecule has 2 heterocycles. The summed E-state index contributed by atoms with van der Waals surface area (Å²) in [5, 5.41) is 3.66. The number of rotatable bonds is 6. The number of hydrogen-bond acceptors (Lipinski definition) is 3. The molecule has 0 bridgehead atoms. The first-order chi connectivity index (χ1) is 9.29. The molecule has 2 atom stereocenters. The van der Waals surface area contributed by atoms with Crippen LogP contribution in [0.15, 0.2) is 0 Å². The third-order valence-corrected chi connectivity index (χ3v) is 5.06. The summed E-state index contributed by atoms with van der Waals surface area (Å²) in [6.07, 6.45) is 8.26. The second kappa shape index (κ2) is 8.23. The maximum Gasteiger partial charge on any atom is 0.0113 e. The van der Waals surface area contributed by atoms with Crippen LogP contribution < -0.4 is 5.32 Å². The molecule has 2 saturated heterocycles. The van der Waals surface area contributed by atoms with Crippen molar-refractivity contribution in [2.45, 2.75) is 64.5 Å². The molecule has 0 aromatic rings. The first kappa shape index (κ1) is 15.3. The van der Waals surface area contributed by atoms with Gasteiger partial charge < -0.3 is 10.2 Å². The van der Waals surface area contributed by atoms with Gasteiger partial charge in [-0.2, -0.15) is 0 Å². The molecule has 2 fully saturated rings. The van der Waals surface area contributed by atoms with E-state index < -0.39 is 0 Å². The highest BCUT2D eigenvalue weighted by atomic mass is 15.3. The largest absolute Gasteiger partial charge is 0.314 e. The maximum atomic E-state index is 3.66. The summed E-state index contributed by atoms with van der Waals surface area (Å²) >= 11 is 0. The Labute approximate surface area is 119 Å². The predicted octanol–water partition coefficient (Wildman–Crippen LogP) is 2.32. The van der Waals surface area contributed by atoms with Crippen molar-refractivity contribution in [3.05, 3.63) is 0 Å². The second-order valence-corrected chi connectivity index (χ2v) is 6.42. The Morgan fingerprint density at radius 1 is 1.16 bits per heavy atom. The summed E-state index contributed by atoms with van der Waals surface area (Å²) in [6.45, 7) is 12.3. The molecule has 0 amide bonds. The van der Waals surface area contributed by atoms with E-state index in [-0.39, 0.29) is 0 Å². The molecule has 3 heteroatoms. The van der Waals surface area contributed by atoms with Crippen LogP contribution in [0.1, 0.15) is 52.4 Å². The standard InChI is InChI=1S/C16H33N3/c1-3-15(2)19-13-11-18(12-14-19)10-6-8-16-7-4-5-9-17-16/h15-17H,3-14H2,1-2H3. The Morgan fingerprint density at radius 3 is 2.58 bits per heavy atom. The van der Waals surface area contributed by atoms with Crippen molar-refractivity contribution >= 4 is 0 Å². The third-order valence-electron chi connectivity index (χ3n) is 5.06. The van der Waals surface area contributed by atoms with Crippen molar-refractivity contribution in [1.82, 2.24) is 15.1 Å². The molecule has 2 unspecified atom stereocenters. The number of nitrogens with one attached hydrogen (secondary N) is 1. The lowest BCUT2D eigenvalue weighted by Crippen LogP contribution is -2.49. The number of piperazine rings is 1. The normalized spacial score (nSPS) is 28.4. The van der Waals surface area contributed by atoms with Crippen LogP contribution in [0.2, 0.25) is 0 Å². The molecule has 3 nitrogen and oxygen atoms in total. The molecule has 0 radical (unpaired) electrons. The molecule has 1 N–H and O–H groups in total. The Morgan fingerprint density at radius 2 is 1.95 bits per heavy atom. The van der Waals surface area contributed by atoms with Gasteiger partial charge in [0, 0.05) is 38.3 Å². The molecule has 19 heavy (non-hydrogen) atoms. The van der Waals surface area contributed by atoms with Gasteiger partial charge in [-0.25, -0.2) is 0 Å². The van der Waals surface area contributed by atoms with E-state index in [0.29, 0.717) is 0 Å². The zero-order chi connectivity index (χ0) is 13.5. The van der Waals surface area contributed by atoms with Gasteiger partial charge in [0.2, 0.25) is 0 Å².